The second-order valence-corrected chi connectivity index (χ2v) is 8.22. The van der Waals surface area contributed by atoms with E-state index in [1.165, 1.54) is 11.3 Å². The summed E-state index contributed by atoms with van der Waals surface area (Å²) in [5.41, 5.74) is 0. The predicted octanol–water partition coefficient (Wildman–Crippen LogP) is 2.67. The van der Waals surface area contributed by atoms with E-state index in [0.717, 1.165) is 37.2 Å². The quantitative estimate of drug-likeness (QED) is 0.878. The second kappa shape index (κ2) is 7.02. The predicted molar refractivity (Wildman–Crippen MR) is 83.5 cm³/mol. The molecule has 1 aromatic heterocycles. The number of piperidine rings is 1. The maximum Gasteiger partial charge on any atom is 0.243 e. The van der Waals surface area contributed by atoms with Crippen LogP contribution in [0.4, 0.5) is 0 Å². The Kier molecular flexibility index (Phi) is 5.60. The third-order valence-electron chi connectivity index (χ3n) is 3.97. The van der Waals surface area contributed by atoms with E-state index in [1.54, 1.807) is 9.69 Å². The Bertz CT molecular complexity index is 517. The minimum absolute atomic E-state index is 0.463. The first kappa shape index (κ1) is 15.9. The zero-order valence-electron chi connectivity index (χ0n) is 12.3. The largest absolute Gasteiger partial charge is 0.312 e. The number of rotatable bonds is 6. The molecule has 4 nitrogen and oxygen atoms in total. The van der Waals surface area contributed by atoms with Crippen molar-refractivity contribution in [2.24, 2.45) is 5.92 Å². The van der Waals surface area contributed by atoms with E-state index in [-0.39, 0.29) is 0 Å². The van der Waals surface area contributed by atoms with E-state index < -0.39 is 10.0 Å². The third kappa shape index (κ3) is 3.61. The highest BCUT2D eigenvalue weighted by Gasteiger charge is 2.29. The number of hydrogen-bond donors (Lipinski definition) is 1. The Balaban J connectivity index is 2.04. The molecule has 114 valence electrons. The summed E-state index contributed by atoms with van der Waals surface area (Å²) in [5, 5.41) is 5.00. The Labute approximate surface area is 126 Å². The minimum Gasteiger partial charge on any atom is -0.312 e. The summed E-state index contributed by atoms with van der Waals surface area (Å²) in [6, 6.07) is 1.81. The van der Waals surface area contributed by atoms with Crippen molar-refractivity contribution >= 4 is 21.4 Å². The first-order valence-corrected chi connectivity index (χ1v) is 9.68. The zero-order valence-corrected chi connectivity index (χ0v) is 13.9. The van der Waals surface area contributed by atoms with Gasteiger partial charge in [0.2, 0.25) is 10.0 Å². The van der Waals surface area contributed by atoms with Gasteiger partial charge in [-0.25, -0.2) is 8.42 Å². The summed E-state index contributed by atoms with van der Waals surface area (Å²) in [5.74, 6) is 0.688. The van der Waals surface area contributed by atoms with Crippen LogP contribution < -0.4 is 5.32 Å². The maximum atomic E-state index is 12.6. The van der Waals surface area contributed by atoms with Crippen molar-refractivity contribution in [1.82, 2.24) is 9.62 Å². The number of hydrogen-bond acceptors (Lipinski definition) is 4. The molecule has 0 unspecified atom stereocenters. The summed E-state index contributed by atoms with van der Waals surface area (Å²) in [6.45, 7) is 7.20. The van der Waals surface area contributed by atoms with E-state index in [9.17, 15) is 8.42 Å². The molecule has 0 saturated carbocycles. The molecule has 0 bridgehead atoms. The standard InChI is InChI=1S/C14H24N2O2S2/c1-3-12-5-7-16(8-6-12)20(17,18)14-9-13(19-11-14)10-15-4-2/h9,11-12,15H,3-8,10H2,1-2H3. The van der Waals surface area contributed by atoms with E-state index in [2.05, 4.69) is 12.2 Å². The van der Waals surface area contributed by atoms with E-state index in [0.29, 0.717) is 23.9 Å². The monoisotopic (exact) mass is 316 g/mol. The second-order valence-electron chi connectivity index (χ2n) is 5.28. The molecule has 1 aliphatic rings. The topological polar surface area (TPSA) is 49.4 Å². The SMILES string of the molecule is CCNCc1cc(S(=O)(=O)N2CCC(CC)CC2)cs1. The Morgan fingerprint density at radius 2 is 2.05 bits per heavy atom. The maximum absolute atomic E-state index is 12.6. The van der Waals surface area contributed by atoms with Crippen LogP contribution in [0, 0.1) is 5.92 Å². The van der Waals surface area contributed by atoms with Gasteiger partial charge in [-0.2, -0.15) is 4.31 Å². The molecule has 0 amide bonds. The van der Waals surface area contributed by atoms with Crippen molar-refractivity contribution in [1.29, 1.82) is 0 Å². The van der Waals surface area contributed by atoms with Gasteiger partial charge in [-0.1, -0.05) is 20.3 Å². The van der Waals surface area contributed by atoms with Crippen molar-refractivity contribution in [3.63, 3.8) is 0 Å². The highest BCUT2D eigenvalue weighted by atomic mass is 32.2. The van der Waals surface area contributed by atoms with Gasteiger partial charge >= 0.3 is 0 Å². The molecule has 20 heavy (non-hydrogen) atoms. The van der Waals surface area contributed by atoms with Crippen LogP contribution in [-0.4, -0.2) is 32.4 Å². The lowest BCUT2D eigenvalue weighted by Gasteiger charge is -2.30. The molecule has 1 aliphatic heterocycles. The summed E-state index contributed by atoms with van der Waals surface area (Å²) in [6.07, 6.45) is 3.13. The van der Waals surface area contributed by atoms with Crippen LogP contribution in [0.15, 0.2) is 16.3 Å². The number of sulfonamides is 1. The van der Waals surface area contributed by atoms with Crippen LogP contribution in [0.3, 0.4) is 0 Å². The van der Waals surface area contributed by atoms with Crippen LogP contribution in [0.1, 0.15) is 38.0 Å². The summed E-state index contributed by atoms with van der Waals surface area (Å²) < 4.78 is 26.8. The third-order valence-corrected chi connectivity index (χ3v) is 6.93. The van der Waals surface area contributed by atoms with Gasteiger partial charge in [-0.05, 0) is 31.4 Å². The first-order valence-electron chi connectivity index (χ1n) is 7.36. The van der Waals surface area contributed by atoms with Gasteiger partial charge < -0.3 is 5.32 Å². The summed E-state index contributed by atoms with van der Waals surface area (Å²) in [7, 11) is -3.28. The van der Waals surface area contributed by atoms with Crippen LogP contribution >= 0.6 is 11.3 Å². The van der Waals surface area contributed by atoms with Crippen molar-refractivity contribution in [3.05, 3.63) is 16.3 Å². The first-order chi connectivity index (χ1) is 9.57. The lowest BCUT2D eigenvalue weighted by Crippen LogP contribution is -2.38. The van der Waals surface area contributed by atoms with Gasteiger partial charge in [-0.15, -0.1) is 11.3 Å². The van der Waals surface area contributed by atoms with E-state index in [4.69, 9.17) is 0 Å². The molecule has 2 heterocycles. The number of thiophene rings is 1. The zero-order chi connectivity index (χ0) is 14.6. The van der Waals surface area contributed by atoms with Crippen LogP contribution in [0.5, 0.6) is 0 Å². The fraction of sp³-hybridized carbons (Fsp3) is 0.714. The Hall–Kier alpha value is -0.430. The van der Waals surface area contributed by atoms with E-state index >= 15 is 0 Å². The number of nitrogens with one attached hydrogen (secondary N) is 1. The van der Waals surface area contributed by atoms with Gasteiger partial charge in [0.25, 0.3) is 0 Å². The van der Waals surface area contributed by atoms with Crippen molar-refractivity contribution in [2.45, 2.75) is 44.6 Å². The smallest absolute Gasteiger partial charge is 0.243 e. The fourth-order valence-corrected chi connectivity index (χ4v) is 5.25. The molecule has 0 aromatic carbocycles. The minimum atomic E-state index is -3.28. The lowest BCUT2D eigenvalue weighted by atomic mass is 9.96. The lowest BCUT2D eigenvalue weighted by molar-refractivity contribution is 0.269. The molecule has 1 aromatic rings. The molecule has 0 aliphatic carbocycles. The van der Waals surface area contributed by atoms with Crippen LogP contribution in [0.25, 0.3) is 0 Å². The molecule has 0 spiro atoms. The highest BCUT2D eigenvalue weighted by Crippen LogP contribution is 2.27. The molecule has 2 rings (SSSR count). The molecule has 1 N–H and O–H groups in total. The normalized spacial score (nSPS) is 18.5. The average Bonchev–Trinajstić information content (AvgIpc) is 2.94. The Morgan fingerprint density at radius 1 is 1.35 bits per heavy atom. The van der Waals surface area contributed by atoms with Crippen molar-refractivity contribution < 1.29 is 8.42 Å². The summed E-state index contributed by atoms with van der Waals surface area (Å²) in [4.78, 5) is 1.54. The molecular weight excluding hydrogens is 292 g/mol. The van der Waals surface area contributed by atoms with Gasteiger partial charge in [-0.3, -0.25) is 0 Å². The molecule has 6 heteroatoms. The van der Waals surface area contributed by atoms with Gasteiger partial charge in [0.05, 0.1) is 4.90 Å². The van der Waals surface area contributed by atoms with Gasteiger partial charge in [0.1, 0.15) is 0 Å². The fourth-order valence-electron chi connectivity index (χ4n) is 2.54. The Morgan fingerprint density at radius 3 is 2.65 bits per heavy atom. The summed E-state index contributed by atoms with van der Waals surface area (Å²) >= 11 is 1.52. The van der Waals surface area contributed by atoms with Crippen LogP contribution in [-0.2, 0) is 16.6 Å². The van der Waals surface area contributed by atoms with E-state index in [1.807, 2.05) is 13.0 Å². The number of nitrogens with zero attached hydrogens (tertiary/aromatic N) is 1. The molecule has 1 saturated heterocycles. The van der Waals surface area contributed by atoms with Crippen LogP contribution in [0.2, 0.25) is 0 Å². The van der Waals surface area contributed by atoms with Gasteiger partial charge in [0.15, 0.2) is 0 Å². The van der Waals surface area contributed by atoms with Gasteiger partial charge in [0, 0.05) is 29.9 Å². The van der Waals surface area contributed by atoms with Crippen molar-refractivity contribution in [2.75, 3.05) is 19.6 Å². The molecular formula is C14H24N2O2S2. The highest BCUT2D eigenvalue weighted by molar-refractivity contribution is 7.89. The molecule has 1 fully saturated rings. The molecule has 0 radical (unpaired) electrons. The van der Waals surface area contributed by atoms with Crippen molar-refractivity contribution in [3.8, 4) is 0 Å². The average molecular weight is 316 g/mol. The molecule has 0 atom stereocenters.